The van der Waals surface area contributed by atoms with Crippen molar-refractivity contribution in [2.24, 2.45) is 5.92 Å². The molecule has 0 radical (unpaired) electrons. The van der Waals surface area contributed by atoms with Crippen LogP contribution in [0.2, 0.25) is 0 Å². The van der Waals surface area contributed by atoms with E-state index in [2.05, 4.69) is 52.4 Å². The molecule has 0 unspecified atom stereocenters. The van der Waals surface area contributed by atoms with Crippen molar-refractivity contribution in [1.82, 2.24) is 10.2 Å². The molecule has 1 aromatic heterocycles. The SMILES string of the molecule is Cc1ccc(N2CCC(C(=O)Cc3ccc4oc(C(=O)NC5CCN(Cc6ccc(C#N)cc6)CC5)cc4c3)CC2)cc1. The Kier molecular flexibility index (Phi) is 8.57. The molecule has 1 amide bonds. The van der Waals surface area contributed by atoms with Gasteiger partial charge in [-0.3, -0.25) is 14.5 Å². The van der Waals surface area contributed by atoms with E-state index in [0.717, 1.165) is 69.4 Å². The van der Waals surface area contributed by atoms with Crippen LogP contribution < -0.4 is 10.2 Å². The molecule has 0 bridgehead atoms. The predicted molar refractivity (Wildman–Crippen MR) is 168 cm³/mol. The zero-order chi connectivity index (χ0) is 29.8. The number of nitriles is 1. The molecule has 7 nitrogen and oxygen atoms in total. The molecular formula is C36H38N4O3. The standard InChI is InChI=1S/C36H38N4O3/c1-25-2-9-32(10-3-25)40-18-12-29(13-19-40)33(41)21-28-8-11-34-30(20-28)22-35(43-34)36(42)38-31-14-16-39(17-15-31)24-27-6-4-26(23-37)5-7-27/h2-11,20,22,29,31H,12-19,21,24H2,1H3,(H,38,42). The summed E-state index contributed by atoms with van der Waals surface area (Å²) in [7, 11) is 0. The van der Waals surface area contributed by atoms with Gasteiger partial charge in [0.2, 0.25) is 0 Å². The van der Waals surface area contributed by atoms with Crippen molar-refractivity contribution in [2.45, 2.75) is 51.6 Å². The lowest BCUT2D eigenvalue weighted by molar-refractivity contribution is -0.122. The summed E-state index contributed by atoms with van der Waals surface area (Å²) < 4.78 is 5.89. The summed E-state index contributed by atoms with van der Waals surface area (Å²) in [5.41, 5.74) is 5.96. The number of hydrogen-bond acceptors (Lipinski definition) is 6. The molecule has 2 fully saturated rings. The summed E-state index contributed by atoms with van der Waals surface area (Å²) in [6, 6.07) is 26.2. The third-order valence-corrected chi connectivity index (χ3v) is 8.94. The Bertz CT molecular complexity index is 1620. The molecule has 4 aromatic rings. The number of fused-ring (bicyclic) bond motifs is 1. The fourth-order valence-electron chi connectivity index (χ4n) is 6.31. The first-order valence-corrected chi connectivity index (χ1v) is 15.3. The monoisotopic (exact) mass is 574 g/mol. The molecule has 2 aliphatic heterocycles. The molecule has 0 saturated carbocycles. The van der Waals surface area contributed by atoms with Crippen LogP contribution in [-0.4, -0.2) is 48.8 Å². The Morgan fingerprint density at radius 2 is 1.58 bits per heavy atom. The van der Waals surface area contributed by atoms with Crippen molar-refractivity contribution in [3.05, 3.63) is 101 Å². The van der Waals surface area contributed by atoms with Crippen LogP contribution in [0.25, 0.3) is 11.0 Å². The number of ketones is 1. The number of anilines is 1. The second kappa shape index (κ2) is 12.8. The molecule has 1 N–H and O–H groups in total. The van der Waals surface area contributed by atoms with E-state index in [4.69, 9.17) is 9.68 Å². The maximum Gasteiger partial charge on any atom is 0.287 e. The minimum atomic E-state index is -0.195. The summed E-state index contributed by atoms with van der Waals surface area (Å²) in [5, 5.41) is 13.0. The normalized spacial score (nSPS) is 16.7. The minimum Gasteiger partial charge on any atom is -0.451 e. The molecular weight excluding hydrogens is 536 g/mol. The van der Waals surface area contributed by atoms with E-state index in [1.54, 1.807) is 6.07 Å². The number of amides is 1. The molecule has 6 rings (SSSR count). The lowest BCUT2D eigenvalue weighted by Crippen LogP contribution is -2.44. The third-order valence-electron chi connectivity index (χ3n) is 8.94. The lowest BCUT2D eigenvalue weighted by Gasteiger charge is -2.33. The van der Waals surface area contributed by atoms with E-state index in [1.807, 2.05) is 42.5 Å². The molecule has 0 atom stereocenters. The Hall–Kier alpha value is -4.41. The number of carbonyl (C=O) groups excluding carboxylic acids is 2. The van der Waals surface area contributed by atoms with Crippen LogP contribution in [0, 0.1) is 24.2 Å². The van der Waals surface area contributed by atoms with Crippen molar-refractivity contribution < 1.29 is 14.0 Å². The van der Waals surface area contributed by atoms with Crippen LogP contribution in [0.4, 0.5) is 5.69 Å². The maximum absolute atomic E-state index is 13.2. The summed E-state index contributed by atoms with van der Waals surface area (Å²) in [4.78, 5) is 30.9. The first kappa shape index (κ1) is 28.7. The lowest BCUT2D eigenvalue weighted by atomic mass is 9.89. The number of carbonyl (C=O) groups is 2. The Balaban J connectivity index is 0.985. The Labute approximate surface area is 253 Å². The zero-order valence-electron chi connectivity index (χ0n) is 24.7. The highest BCUT2D eigenvalue weighted by Crippen LogP contribution is 2.27. The van der Waals surface area contributed by atoms with Crippen molar-refractivity contribution in [3.63, 3.8) is 0 Å². The highest BCUT2D eigenvalue weighted by Gasteiger charge is 2.26. The first-order chi connectivity index (χ1) is 20.9. The number of piperidine rings is 2. The van der Waals surface area contributed by atoms with E-state index in [1.165, 1.54) is 16.8 Å². The van der Waals surface area contributed by atoms with Crippen LogP contribution in [0.1, 0.15) is 58.5 Å². The number of aryl methyl sites for hydroxylation is 1. The molecule has 220 valence electrons. The molecule has 3 heterocycles. The fourth-order valence-corrected chi connectivity index (χ4v) is 6.31. The van der Waals surface area contributed by atoms with E-state index >= 15 is 0 Å². The molecule has 0 spiro atoms. The van der Waals surface area contributed by atoms with E-state index in [9.17, 15) is 9.59 Å². The molecule has 2 saturated heterocycles. The molecule has 0 aliphatic carbocycles. The van der Waals surface area contributed by atoms with Crippen LogP contribution in [-0.2, 0) is 17.8 Å². The number of furan rings is 1. The van der Waals surface area contributed by atoms with Gasteiger partial charge in [-0.25, -0.2) is 0 Å². The van der Waals surface area contributed by atoms with E-state index in [0.29, 0.717) is 23.3 Å². The second-order valence-corrected chi connectivity index (χ2v) is 12.1. The number of benzene rings is 3. The zero-order valence-corrected chi connectivity index (χ0v) is 24.7. The van der Waals surface area contributed by atoms with Crippen LogP contribution in [0.5, 0.6) is 0 Å². The molecule has 3 aromatic carbocycles. The van der Waals surface area contributed by atoms with E-state index < -0.39 is 0 Å². The maximum atomic E-state index is 13.2. The highest BCUT2D eigenvalue weighted by atomic mass is 16.3. The second-order valence-electron chi connectivity index (χ2n) is 12.1. The van der Waals surface area contributed by atoms with Gasteiger partial charge in [0, 0.05) is 62.2 Å². The predicted octanol–water partition coefficient (Wildman–Crippen LogP) is 6.04. The van der Waals surface area contributed by atoms with Crippen molar-refractivity contribution in [3.8, 4) is 6.07 Å². The number of nitrogens with zero attached hydrogens (tertiary/aromatic N) is 3. The summed E-state index contributed by atoms with van der Waals surface area (Å²) in [5.74, 6) is 0.482. The number of Topliss-reactive ketones (excluding diaryl/α,β-unsaturated/α-hetero) is 1. The molecule has 7 heteroatoms. The van der Waals surface area contributed by atoms with Gasteiger partial charge >= 0.3 is 0 Å². The smallest absolute Gasteiger partial charge is 0.287 e. The summed E-state index contributed by atoms with van der Waals surface area (Å²) in [6.07, 6.45) is 3.90. The van der Waals surface area contributed by atoms with Gasteiger partial charge in [-0.15, -0.1) is 0 Å². The fraction of sp³-hybridized carbons (Fsp3) is 0.361. The van der Waals surface area contributed by atoms with Gasteiger partial charge < -0.3 is 14.6 Å². The van der Waals surface area contributed by atoms with Gasteiger partial charge in [0.05, 0.1) is 11.6 Å². The van der Waals surface area contributed by atoms with Gasteiger partial charge in [0.15, 0.2) is 5.76 Å². The summed E-state index contributed by atoms with van der Waals surface area (Å²) in [6.45, 7) is 6.52. The minimum absolute atomic E-state index is 0.0820. The van der Waals surface area contributed by atoms with Crippen molar-refractivity contribution >= 4 is 28.3 Å². The summed E-state index contributed by atoms with van der Waals surface area (Å²) >= 11 is 0. The number of hydrogen-bond donors (Lipinski definition) is 1. The number of nitrogens with one attached hydrogen (secondary N) is 1. The molecule has 2 aliphatic rings. The first-order valence-electron chi connectivity index (χ1n) is 15.3. The van der Waals surface area contributed by atoms with Crippen LogP contribution >= 0.6 is 0 Å². The molecule has 43 heavy (non-hydrogen) atoms. The quantitative estimate of drug-likeness (QED) is 0.276. The van der Waals surface area contributed by atoms with Crippen molar-refractivity contribution in [1.29, 1.82) is 5.26 Å². The average Bonchev–Trinajstić information content (AvgIpc) is 3.47. The van der Waals surface area contributed by atoms with Gasteiger partial charge in [-0.1, -0.05) is 35.9 Å². The van der Waals surface area contributed by atoms with Crippen LogP contribution in [0.3, 0.4) is 0 Å². The Morgan fingerprint density at radius 3 is 2.28 bits per heavy atom. The van der Waals surface area contributed by atoms with Gasteiger partial charge in [-0.2, -0.15) is 5.26 Å². The van der Waals surface area contributed by atoms with Crippen LogP contribution in [0.15, 0.2) is 77.2 Å². The van der Waals surface area contributed by atoms with E-state index in [-0.39, 0.29) is 23.7 Å². The number of likely N-dealkylation sites (tertiary alicyclic amines) is 1. The van der Waals surface area contributed by atoms with Gasteiger partial charge in [0.25, 0.3) is 5.91 Å². The topological polar surface area (TPSA) is 89.6 Å². The van der Waals surface area contributed by atoms with Crippen molar-refractivity contribution in [2.75, 3.05) is 31.1 Å². The third kappa shape index (κ3) is 6.98. The average molecular weight is 575 g/mol. The van der Waals surface area contributed by atoms with Gasteiger partial charge in [-0.05, 0) is 86.2 Å². The Morgan fingerprint density at radius 1 is 0.884 bits per heavy atom. The largest absolute Gasteiger partial charge is 0.451 e. The number of rotatable bonds is 8. The van der Waals surface area contributed by atoms with Gasteiger partial charge in [0.1, 0.15) is 11.4 Å². The highest BCUT2D eigenvalue weighted by molar-refractivity contribution is 5.96.